The van der Waals surface area contributed by atoms with Crippen LogP contribution in [0.1, 0.15) is 58.7 Å². The molecule has 0 bridgehead atoms. The molecule has 11 nitrogen and oxygen atoms in total. The Morgan fingerprint density at radius 3 is 1.91 bits per heavy atom. The fourth-order valence-corrected chi connectivity index (χ4v) is 12.3. The number of nitrogens with zero attached hydrogens (tertiary/aromatic N) is 4. The van der Waals surface area contributed by atoms with E-state index >= 15 is 0 Å². The Hall–Kier alpha value is -8.43. The van der Waals surface area contributed by atoms with Gasteiger partial charge in [-0.05, 0) is 129 Å². The molecule has 13 heteroatoms. The molecular formula is C69H66N8O3S2. The molecule has 1 aromatic heterocycles. The topological polar surface area (TPSA) is 117 Å². The monoisotopic (exact) mass is 1120 g/mol. The highest BCUT2D eigenvalue weighted by molar-refractivity contribution is 7.99. The van der Waals surface area contributed by atoms with Crippen molar-refractivity contribution in [2.24, 2.45) is 4.99 Å². The van der Waals surface area contributed by atoms with Crippen molar-refractivity contribution in [3.05, 3.63) is 251 Å². The summed E-state index contributed by atoms with van der Waals surface area (Å²) in [5.74, 6) is 3.23. The minimum absolute atomic E-state index is 0.296. The van der Waals surface area contributed by atoms with Crippen molar-refractivity contribution in [1.82, 2.24) is 15.3 Å². The number of hydrogen-bond acceptors (Lipinski definition) is 13. The van der Waals surface area contributed by atoms with Gasteiger partial charge in [-0.2, -0.15) is 4.98 Å². The van der Waals surface area contributed by atoms with Gasteiger partial charge in [0.1, 0.15) is 17.4 Å². The standard InChI is InChI=1S/C69H66N8O3S2/c1-46(2)56-24-12-14-26-59(56)72-66-58-39-48(33-38-61(58)74-68(75-66)70-41-50-21-9-16-28-62(50)81-64-30-18-11-23-52(64)44-78-3)49-31-32-53(45-79-4)65(40-49)82-63-29-17-10-22-51(63)42-71-69-73-60-27-15-13-25-57(60)67(76-69)77(43-47-19-7-6-8-20-47)54-34-36-55(80-5)37-35-54/h6-40,46,69,71,73H,41-45H2,1-5H3,(H2,70,72,74,75). The third-order valence-corrected chi connectivity index (χ3v) is 16.8. The second-order valence-electron chi connectivity index (χ2n) is 20.3. The molecule has 0 saturated carbocycles. The summed E-state index contributed by atoms with van der Waals surface area (Å²) in [5, 5.41) is 15.7. The lowest BCUT2D eigenvalue weighted by Gasteiger charge is -2.33. The summed E-state index contributed by atoms with van der Waals surface area (Å²) in [6.07, 6.45) is -0.412. The van der Waals surface area contributed by atoms with E-state index in [9.17, 15) is 0 Å². The van der Waals surface area contributed by atoms with Gasteiger partial charge in [0.15, 0.2) is 6.29 Å². The SMILES string of the molecule is COCc1ccccc1Sc1ccccc1CNc1nc(Nc2ccccc2C(C)C)c2cc(-c3ccc(COC)c(Sc4ccccc4CNC4N=C(N(Cc5ccccc5)c5ccc(OC)cc5)c5ccccc5N4)c3)ccc2n1. The van der Waals surface area contributed by atoms with Gasteiger partial charge < -0.3 is 35.1 Å². The average molecular weight is 1120 g/mol. The third kappa shape index (κ3) is 13.2. The molecule has 9 aromatic carbocycles. The normalized spacial score (nSPS) is 12.9. The Labute approximate surface area is 489 Å². The van der Waals surface area contributed by atoms with Crippen LogP contribution in [0.5, 0.6) is 5.75 Å². The average Bonchev–Trinajstić information content (AvgIpc) is 3.67. The van der Waals surface area contributed by atoms with Gasteiger partial charge in [-0.1, -0.05) is 171 Å². The van der Waals surface area contributed by atoms with Crippen LogP contribution in [0.2, 0.25) is 0 Å². The fraction of sp³-hybridized carbons (Fsp3) is 0.174. The Morgan fingerprint density at radius 1 is 0.573 bits per heavy atom. The van der Waals surface area contributed by atoms with Crippen LogP contribution in [0.15, 0.2) is 237 Å². The Bertz CT molecular complexity index is 3840. The number of nitrogens with one attached hydrogen (secondary N) is 4. The first-order chi connectivity index (χ1) is 40.3. The Balaban J connectivity index is 0.878. The van der Waals surface area contributed by atoms with Crippen LogP contribution in [-0.2, 0) is 42.3 Å². The van der Waals surface area contributed by atoms with Crippen molar-refractivity contribution < 1.29 is 14.2 Å². The fourth-order valence-electron chi connectivity index (χ4n) is 10.1. The number of ether oxygens (including phenoxy) is 3. The quantitative estimate of drug-likeness (QED) is 0.0518. The largest absolute Gasteiger partial charge is 0.497 e. The molecule has 1 atom stereocenters. The molecule has 1 aliphatic heterocycles. The maximum absolute atomic E-state index is 5.81. The highest BCUT2D eigenvalue weighted by Crippen LogP contribution is 2.40. The number of hydrogen-bond donors (Lipinski definition) is 4. The number of rotatable bonds is 22. The predicted molar refractivity (Wildman–Crippen MR) is 338 cm³/mol. The van der Waals surface area contributed by atoms with Crippen molar-refractivity contribution in [2.75, 3.05) is 42.2 Å². The van der Waals surface area contributed by atoms with Crippen molar-refractivity contribution in [3.63, 3.8) is 0 Å². The summed E-state index contributed by atoms with van der Waals surface area (Å²) in [7, 11) is 5.18. The van der Waals surface area contributed by atoms with Gasteiger partial charge in [-0.25, -0.2) is 9.98 Å². The van der Waals surface area contributed by atoms with E-state index in [0.717, 1.165) is 99.0 Å². The molecule has 412 valence electrons. The van der Waals surface area contributed by atoms with Crippen LogP contribution < -0.4 is 30.9 Å². The number of benzene rings is 9. The summed E-state index contributed by atoms with van der Waals surface area (Å²) in [6, 6.07) is 74.1. The lowest BCUT2D eigenvalue weighted by molar-refractivity contribution is 0.183. The van der Waals surface area contributed by atoms with Gasteiger partial charge in [-0.15, -0.1) is 0 Å². The molecule has 2 heterocycles. The highest BCUT2D eigenvalue weighted by atomic mass is 32.2. The third-order valence-electron chi connectivity index (χ3n) is 14.3. The highest BCUT2D eigenvalue weighted by Gasteiger charge is 2.26. The number of aliphatic imine (C=N–C) groups is 1. The molecule has 4 N–H and O–H groups in total. The Morgan fingerprint density at radius 2 is 1.18 bits per heavy atom. The van der Waals surface area contributed by atoms with Gasteiger partial charge in [0.25, 0.3) is 0 Å². The van der Waals surface area contributed by atoms with E-state index in [-0.39, 0.29) is 0 Å². The van der Waals surface area contributed by atoms with E-state index in [1.165, 1.54) is 16.0 Å². The predicted octanol–water partition coefficient (Wildman–Crippen LogP) is 16.3. The summed E-state index contributed by atoms with van der Waals surface area (Å²) >= 11 is 3.49. The summed E-state index contributed by atoms with van der Waals surface area (Å²) in [4.78, 5) is 22.6. The minimum Gasteiger partial charge on any atom is -0.497 e. The molecule has 0 saturated heterocycles. The molecule has 0 amide bonds. The maximum Gasteiger partial charge on any atom is 0.225 e. The summed E-state index contributed by atoms with van der Waals surface area (Å²) < 4.78 is 16.9. The molecule has 10 aromatic rings. The first-order valence-electron chi connectivity index (χ1n) is 27.6. The molecule has 1 aliphatic rings. The first-order valence-corrected chi connectivity index (χ1v) is 29.2. The van der Waals surface area contributed by atoms with Gasteiger partial charge in [-0.3, -0.25) is 5.32 Å². The van der Waals surface area contributed by atoms with E-state index in [1.54, 1.807) is 44.9 Å². The minimum atomic E-state index is -0.412. The zero-order chi connectivity index (χ0) is 56.2. The van der Waals surface area contributed by atoms with Crippen molar-refractivity contribution in [2.45, 2.75) is 78.5 Å². The number of anilines is 5. The second kappa shape index (κ2) is 26.4. The van der Waals surface area contributed by atoms with Crippen LogP contribution in [0.3, 0.4) is 0 Å². The molecule has 11 rings (SSSR count). The maximum atomic E-state index is 5.81. The smallest absolute Gasteiger partial charge is 0.225 e. The van der Waals surface area contributed by atoms with E-state index in [4.69, 9.17) is 29.2 Å². The molecule has 0 aliphatic carbocycles. The zero-order valence-electron chi connectivity index (χ0n) is 46.7. The lowest BCUT2D eigenvalue weighted by Crippen LogP contribution is -2.43. The Kier molecular flexibility index (Phi) is 17.9. The molecule has 1 unspecified atom stereocenters. The summed E-state index contributed by atoms with van der Waals surface area (Å²) in [5.41, 5.74) is 13.9. The molecule has 0 radical (unpaired) electrons. The van der Waals surface area contributed by atoms with Crippen LogP contribution >= 0.6 is 23.5 Å². The van der Waals surface area contributed by atoms with Gasteiger partial charge in [0.05, 0.1) is 25.8 Å². The van der Waals surface area contributed by atoms with Crippen molar-refractivity contribution >= 4 is 69.1 Å². The number of aromatic nitrogens is 2. The second-order valence-corrected chi connectivity index (χ2v) is 22.4. The van der Waals surface area contributed by atoms with E-state index in [0.29, 0.717) is 44.7 Å². The van der Waals surface area contributed by atoms with Gasteiger partial charge in [0.2, 0.25) is 5.95 Å². The van der Waals surface area contributed by atoms with Crippen molar-refractivity contribution in [3.8, 4) is 16.9 Å². The number of para-hydroxylation sites is 2. The van der Waals surface area contributed by atoms with Crippen LogP contribution in [0.4, 0.5) is 28.8 Å². The molecule has 82 heavy (non-hydrogen) atoms. The van der Waals surface area contributed by atoms with Gasteiger partial charge in [0, 0.05) is 81.4 Å². The molecular weight excluding hydrogens is 1050 g/mol. The van der Waals surface area contributed by atoms with Crippen LogP contribution in [0.25, 0.3) is 22.0 Å². The zero-order valence-corrected chi connectivity index (χ0v) is 48.4. The van der Waals surface area contributed by atoms with E-state index in [1.807, 2.05) is 18.2 Å². The van der Waals surface area contributed by atoms with E-state index in [2.05, 4.69) is 234 Å². The van der Waals surface area contributed by atoms with Gasteiger partial charge >= 0.3 is 0 Å². The molecule has 0 fully saturated rings. The number of methoxy groups -OCH3 is 3. The molecule has 0 spiro atoms. The lowest BCUT2D eigenvalue weighted by atomic mass is 10.0. The number of fused-ring (bicyclic) bond motifs is 2. The van der Waals surface area contributed by atoms with Crippen LogP contribution in [-0.4, -0.2) is 43.4 Å². The number of amidine groups is 1. The van der Waals surface area contributed by atoms with Crippen LogP contribution in [0, 0.1) is 0 Å². The van der Waals surface area contributed by atoms with Crippen molar-refractivity contribution in [1.29, 1.82) is 0 Å². The van der Waals surface area contributed by atoms with E-state index < -0.39 is 6.29 Å². The summed E-state index contributed by atoms with van der Waals surface area (Å²) in [6.45, 7) is 7.18. The first kappa shape index (κ1) is 55.5.